The Kier molecular flexibility index (Phi) is 17.8. The van der Waals surface area contributed by atoms with Gasteiger partial charge < -0.3 is 21.3 Å². The molecular formula is C48H44N4Ti. The fourth-order valence-corrected chi connectivity index (χ4v) is 4.84. The Morgan fingerprint density at radius 1 is 0.151 bits per heavy atom. The van der Waals surface area contributed by atoms with Gasteiger partial charge in [-0.25, -0.2) is 0 Å². The zero-order chi connectivity index (χ0) is 35.7. The van der Waals surface area contributed by atoms with Crippen molar-refractivity contribution in [2.24, 2.45) is 0 Å². The van der Waals surface area contributed by atoms with Crippen LogP contribution < -0.4 is 21.3 Å². The maximum Gasteiger partial charge on any atom is 0.0384 e. The maximum atomic E-state index is 3.30. The Bertz CT molecular complexity index is 1580. The van der Waals surface area contributed by atoms with Crippen molar-refractivity contribution in [3.63, 3.8) is 0 Å². The first-order valence-electron chi connectivity index (χ1n) is 17.3. The van der Waals surface area contributed by atoms with Crippen LogP contribution >= 0.6 is 0 Å². The van der Waals surface area contributed by atoms with Crippen molar-refractivity contribution in [2.75, 3.05) is 21.3 Å². The molecule has 4 nitrogen and oxygen atoms in total. The largest absolute Gasteiger partial charge is 0.356 e. The summed E-state index contributed by atoms with van der Waals surface area (Å²) in [4.78, 5) is 0. The topological polar surface area (TPSA) is 48.1 Å². The second-order valence-electron chi connectivity index (χ2n) is 11.4. The Morgan fingerprint density at radius 3 is 0.340 bits per heavy atom. The molecule has 0 fully saturated rings. The first kappa shape index (κ1) is 39.5. The van der Waals surface area contributed by atoms with Crippen molar-refractivity contribution in [1.29, 1.82) is 0 Å². The van der Waals surface area contributed by atoms with Crippen LogP contribution in [0.4, 0.5) is 45.5 Å². The van der Waals surface area contributed by atoms with Gasteiger partial charge in [0.05, 0.1) is 0 Å². The Balaban J connectivity index is 0.000000157. The third kappa shape index (κ3) is 16.1. The predicted octanol–water partition coefficient (Wildman–Crippen LogP) is 13.7. The minimum absolute atomic E-state index is 0. The molecule has 8 rings (SSSR count). The smallest absolute Gasteiger partial charge is 0.0384 e. The van der Waals surface area contributed by atoms with Gasteiger partial charge in [0.15, 0.2) is 0 Å². The number of anilines is 8. The Hall–Kier alpha value is -6.33. The van der Waals surface area contributed by atoms with E-state index in [9.17, 15) is 0 Å². The number of nitrogens with one attached hydrogen (secondary N) is 4. The van der Waals surface area contributed by atoms with Crippen LogP contribution in [0.3, 0.4) is 0 Å². The van der Waals surface area contributed by atoms with E-state index in [-0.39, 0.29) is 21.7 Å². The number of rotatable bonds is 8. The van der Waals surface area contributed by atoms with Gasteiger partial charge in [-0.3, -0.25) is 0 Å². The standard InChI is InChI=1S/4C12H11N.Ti/c4*1-3-7-11(8-4-1)13-12-9-5-2-6-10-12;/h4*1-10,13H;. The quantitative estimate of drug-likeness (QED) is 0.118. The van der Waals surface area contributed by atoms with Crippen LogP contribution in [0.5, 0.6) is 0 Å². The van der Waals surface area contributed by atoms with Crippen molar-refractivity contribution in [3.05, 3.63) is 243 Å². The molecule has 8 aromatic rings. The molecule has 0 aliphatic carbocycles. The van der Waals surface area contributed by atoms with Gasteiger partial charge in [-0.1, -0.05) is 146 Å². The molecule has 0 bridgehead atoms. The molecule has 8 aromatic carbocycles. The van der Waals surface area contributed by atoms with E-state index in [0.717, 1.165) is 45.5 Å². The molecule has 0 aliphatic rings. The van der Waals surface area contributed by atoms with E-state index in [1.54, 1.807) is 0 Å². The Morgan fingerprint density at radius 2 is 0.245 bits per heavy atom. The second-order valence-corrected chi connectivity index (χ2v) is 11.4. The SMILES string of the molecule is [Ti].c1ccc(Nc2ccccc2)cc1.c1ccc(Nc2ccccc2)cc1.c1ccc(Nc2ccccc2)cc1.c1ccc(Nc2ccccc2)cc1. The summed E-state index contributed by atoms with van der Waals surface area (Å²) in [5.41, 5.74) is 8.95. The molecule has 0 aliphatic heterocycles. The summed E-state index contributed by atoms with van der Waals surface area (Å²) in [7, 11) is 0. The van der Waals surface area contributed by atoms with Crippen LogP contribution in [-0.4, -0.2) is 0 Å². The van der Waals surface area contributed by atoms with E-state index in [4.69, 9.17) is 0 Å². The van der Waals surface area contributed by atoms with E-state index in [0.29, 0.717) is 0 Å². The molecule has 53 heavy (non-hydrogen) atoms. The van der Waals surface area contributed by atoms with Crippen molar-refractivity contribution >= 4 is 45.5 Å². The van der Waals surface area contributed by atoms with Gasteiger partial charge in [0.2, 0.25) is 0 Å². The van der Waals surface area contributed by atoms with Crippen molar-refractivity contribution in [2.45, 2.75) is 0 Å². The molecule has 0 saturated carbocycles. The predicted molar refractivity (Wildman–Crippen MR) is 225 cm³/mol. The van der Waals surface area contributed by atoms with Crippen LogP contribution in [0.25, 0.3) is 0 Å². The van der Waals surface area contributed by atoms with Crippen molar-refractivity contribution in [3.8, 4) is 0 Å². The van der Waals surface area contributed by atoms with E-state index >= 15 is 0 Å². The summed E-state index contributed by atoms with van der Waals surface area (Å²) >= 11 is 0. The minimum atomic E-state index is 0. The third-order valence-corrected chi connectivity index (χ3v) is 7.35. The minimum Gasteiger partial charge on any atom is -0.356 e. The zero-order valence-corrected chi connectivity index (χ0v) is 31.2. The van der Waals surface area contributed by atoms with Crippen LogP contribution in [-0.2, 0) is 21.7 Å². The van der Waals surface area contributed by atoms with Crippen LogP contribution in [0.2, 0.25) is 0 Å². The molecule has 0 aromatic heterocycles. The van der Waals surface area contributed by atoms with E-state index in [1.807, 2.05) is 243 Å². The van der Waals surface area contributed by atoms with Crippen LogP contribution in [0.15, 0.2) is 243 Å². The van der Waals surface area contributed by atoms with Gasteiger partial charge in [-0.05, 0) is 97.1 Å². The molecule has 0 radical (unpaired) electrons. The van der Waals surface area contributed by atoms with E-state index < -0.39 is 0 Å². The fraction of sp³-hybridized carbons (Fsp3) is 0. The molecule has 5 heteroatoms. The fourth-order valence-electron chi connectivity index (χ4n) is 4.84. The summed E-state index contributed by atoms with van der Waals surface area (Å²) in [5.74, 6) is 0. The van der Waals surface area contributed by atoms with E-state index in [2.05, 4.69) is 21.3 Å². The summed E-state index contributed by atoms with van der Waals surface area (Å²) in [5, 5.41) is 13.2. The second kappa shape index (κ2) is 24.0. The van der Waals surface area contributed by atoms with Gasteiger partial charge in [-0.2, -0.15) is 0 Å². The Labute approximate surface area is 329 Å². The molecule has 0 saturated heterocycles. The van der Waals surface area contributed by atoms with E-state index in [1.165, 1.54) is 0 Å². The summed E-state index contributed by atoms with van der Waals surface area (Å²) in [6, 6.07) is 81.2. The molecule has 0 amide bonds. The molecule has 0 heterocycles. The summed E-state index contributed by atoms with van der Waals surface area (Å²) in [6.07, 6.45) is 0. The average molecular weight is 725 g/mol. The number of hydrogen-bond donors (Lipinski definition) is 4. The molecule has 4 N–H and O–H groups in total. The monoisotopic (exact) mass is 724 g/mol. The first-order valence-corrected chi connectivity index (χ1v) is 17.3. The first-order chi connectivity index (χ1) is 25.8. The van der Waals surface area contributed by atoms with Gasteiger partial charge in [0.1, 0.15) is 0 Å². The molecule has 0 atom stereocenters. The van der Waals surface area contributed by atoms with Crippen LogP contribution in [0.1, 0.15) is 0 Å². The van der Waals surface area contributed by atoms with Crippen LogP contribution in [0, 0.1) is 0 Å². The zero-order valence-electron chi connectivity index (χ0n) is 29.6. The maximum absolute atomic E-state index is 3.30. The van der Waals surface area contributed by atoms with Gasteiger partial charge in [0.25, 0.3) is 0 Å². The van der Waals surface area contributed by atoms with Crippen molar-refractivity contribution in [1.82, 2.24) is 0 Å². The van der Waals surface area contributed by atoms with Crippen molar-refractivity contribution < 1.29 is 21.7 Å². The average Bonchev–Trinajstić information content (AvgIpc) is 3.22. The number of benzene rings is 8. The summed E-state index contributed by atoms with van der Waals surface area (Å²) in [6.45, 7) is 0. The third-order valence-electron chi connectivity index (χ3n) is 7.35. The molecular weight excluding hydrogens is 680 g/mol. The molecule has 0 unspecified atom stereocenters. The number of para-hydroxylation sites is 8. The molecule has 0 spiro atoms. The van der Waals surface area contributed by atoms with Gasteiger partial charge in [-0.15, -0.1) is 0 Å². The normalized spacial score (nSPS) is 9.36. The summed E-state index contributed by atoms with van der Waals surface area (Å²) < 4.78 is 0. The molecule has 260 valence electrons. The van der Waals surface area contributed by atoms with Gasteiger partial charge in [0, 0.05) is 67.2 Å². The number of hydrogen-bond acceptors (Lipinski definition) is 4. The van der Waals surface area contributed by atoms with Gasteiger partial charge >= 0.3 is 0 Å².